The summed E-state index contributed by atoms with van der Waals surface area (Å²) in [7, 11) is 0. The lowest BCUT2D eigenvalue weighted by atomic mass is 10.0. The van der Waals surface area contributed by atoms with E-state index in [0.717, 1.165) is 12.8 Å². The Hall–Kier alpha value is -0.480. The largest absolute Gasteiger partial charge is 0.392 e. The maximum atomic E-state index is 9.14. The molecule has 0 saturated carbocycles. The third-order valence-corrected chi connectivity index (χ3v) is 1.49. The van der Waals surface area contributed by atoms with Gasteiger partial charge in [-0.1, -0.05) is 19.8 Å². The molecular formula is C9H16O. The van der Waals surface area contributed by atoms with Crippen LogP contribution in [0.3, 0.4) is 0 Å². The molecule has 0 saturated heterocycles. The lowest BCUT2D eigenvalue weighted by Gasteiger charge is -2.09. The van der Waals surface area contributed by atoms with Crippen molar-refractivity contribution >= 4 is 0 Å². The van der Waals surface area contributed by atoms with Crippen LogP contribution in [0.4, 0.5) is 0 Å². The third-order valence-electron chi connectivity index (χ3n) is 1.49. The highest BCUT2D eigenvalue weighted by Gasteiger charge is 2.07. The zero-order valence-electron chi connectivity index (χ0n) is 7.02. The quantitative estimate of drug-likeness (QED) is 0.580. The molecule has 58 valence electrons. The molecule has 0 spiro atoms. The van der Waals surface area contributed by atoms with Gasteiger partial charge in [0, 0.05) is 12.3 Å². The van der Waals surface area contributed by atoms with Crippen LogP contribution in [0.2, 0.25) is 0 Å². The Morgan fingerprint density at radius 2 is 2.00 bits per heavy atom. The zero-order valence-corrected chi connectivity index (χ0v) is 7.02. The van der Waals surface area contributed by atoms with Crippen LogP contribution in [-0.2, 0) is 0 Å². The molecule has 1 heteroatoms. The molecule has 2 unspecified atom stereocenters. The van der Waals surface area contributed by atoms with Crippen LogP contribution in [-0.4, -0.2) is 11.2 Å². The van der Waals surface area contributed by atoms with E-state index in [9.17, 15) is 0 Å². The van der Waals surface area contributed by atoms with E-state index in [1.165, 1.54) is 0 Å². The van der Waals surface area contributed by atoms with Gasteiger partial charge in [0.05, 0.1) is 6.10 Å². The van der Waals surface area contributed by atoms with Crippen molar-refractivity contribution in [3.05, 3.63) is 0 Å². The van der Waals surface area contributed by atoms with Gasteiger partial charge in [-0.05, 0) is 13.3 Å². The molecule has 0 aliphatic rings. The first-order valence-electron chi connectivity index (χ1n) is 3.88. The zero-order chi connectivity index (χ0) is 7.98. The molecule has 0 bridgehead atoms. The van der Waals surface area contributed by atoms with Crippen molar-refractivity contribution < 1.29 is 5.11 Å². The van der Waals surface area contributed by atoms with Crippen LogP contribution in [0.15, 0.2) is 0 Å². The highest BCUT2D eigenvalue weighted by molar-refractivity contribution is 5.04. The fraction of sp³-hybridized carbons (Fsp3) is 0.778. The SMILES string of the molecule is CCC#CC(CC)C(C)O. The Morgan fingerprint density at radius 1 is 1.40 bits per heavy atom. The van der Waals surface area contributed by atoms with Crippen LogP contribution in [0.5, 0.6) is 0 Å². The molecule has 0 radical (unpaired) electrons. The smallest absolute Gasteiger partial charge is 0.0649 e. The van der Waals surface area contributed by atoms with Crippen LogP contribution >= 0.6 is 0 Å². The van der Waals surface area contributed by atoms with Gasteiger partial charge in [-0.15, -0.1) is 5.92 Å². The third kappa shape index (κ3) is 3.53. The summed E-state index contributed by atoms with van der Waals surface area (Å²) in [5.74, 6) is 6.16. The molecule has 1 nitrogen and oxygen atoms in total. The number of hydrogen-bond acceptors (Lipinski definition) is 1. The monoisotopic (exact) mass is 140 g/mol. The molecule has 0 aromatic carbocycles. The normalized spacial score (nSPS) is 15.2. The first-order chi connectivity index (χ1) is 4.72. The summed E-state index contributed by atoms with van der Waals surface area (Å²) in [6.07, 6.45) is 1.53. The van der Waals surface area contributed by atoms with Crippen molar-refractivity contribution in [3.8, 4) is 11.8 Å². The maximum absolute atomic E-state index is 9.14. The lowest BCUT2D eigenvalue weighted by Crippen LogP contribution is -2.13. The molecular weight excluding hydrogens is 124 g/mol. The van der Waals surface area contributed by atoms with Gasteiger partial charge in [0.25, 0.3) is 0 Å². The second-order valence-corrected chi connectivity index (χ2v) is 2.43. The molecule has 0 fully saturated rings. The maximum Gasteiger partial charge on any atom is 0.0649 e. The van der Waals surface area contributed by atoms with E-state index in [1.54, 1.807) is 6.92 Å². The molecule has 0 aliphatic carbocycles. The minimum Gasteiger partial charge on any atom is -0.392 e. The van der Waals surface area contributed by atoms with Gasteiger partial charge < -0.3 is 5.11 Å². The van der Waals surface area contributed by atoms with E-state index in [-0.39, 0.29) is 12.0 Å². The lowest BCUT2D eigenvalue weighted by molar-refractivity contribution is 0.151. The van der Waals surface area contributed by atoms with Gasteiger partial charge in [-0.3, -0.25) is 0 Å². The standard InChI is InChI=1S/C9H16O/c1-4-6-7-9(5-2)8(3)10/h8-10H,4-5H2,1-3H3. The van der Waals surface area contributed by atoms with E-state index >= 15 is 0 Å². The summed E-state index contributed by atoms with van der Waals surface area (Å²) in [5.41, 5.74) is 0. The summed E-state index contributed by atoms with van der Waals surface area (Å²) in [6, 6.07) is 0. The van der Waals surface area contributed by atoms with Crippen molar-refractivity contribution in [2.75, 3.05) is 0 Å². The van der Waals surface area contributed by atoms with Gasteiger partial charge in [-0.2, -0.15) is 0 Å². The molecule has 1 N–H and O–H groups in total. The van der Waals surface area contributed by atoms with Gasteiger partial charge >= 0.3 is 0 Å². The van der Waals surface area contributed by atoms with E-state index < -0.39 is 0 Å². The molecule has 0 amide bonds. The Bertz CT molecular complexity index is 127. The predicted octanol–water partition coefficient (Wildman–Crippen LogP) is 1.81. The molecule has 0 aromatic rings. The molecule has 0 rings (SSSR count). The number of aliphatic hydroxyl groups is 1. The van der Waals surface area contributed by atoms with Gasteiger partial charge in [-0.25, -0.2) is 0 Å². The van der Waals surface area contributed by atoms with Gasteiger partial charge in [0.2, 0.25) is 0 Å². The Kier molecular flexibility index (Phi) is 5.06. The average molecular weight is 140 g/mol. The van der Waals surface area contributed by atoms with Crippen molar-refractivity contribution in [1.29, 1.82) is 0 Å². The fourth-order valence-electron chi connectivity index (χ4n) is 0.797. The number of rotatable bonds is 2. The average Bonchev–Trinajstić information content (AvgIpc) is 1.89. The van der Waals surface area contributed by atoms with Gasteiger partial charge in [0.1, 0.15) is 0 Å². The first kappa shape index (κ1) is 9.52. The molecule has 0 aromatic heterocycles. The van der Waals surface area contributed by atoms with Crippen LogP contribution in [0.1, 0.15) is 33.6 Å². The van der Waals surface area contributed by atoms with Crippen molar-refractivity contribution in [3.63, 3.8) is 0 Å². The topological polar surface area (TPSA) is 20.2 Å². The molecule has 0 heterocycles. The summed E-state index contributed by atoms with van der Waals surface area (Å²) in [4.78, 5) is 0. The van der Waals surface area contributed by atoms with Gasteiger partial charge in [0.15, 0.2) is 0 Å². The summed E-state index contributed by atoms with van der Waals surface area (Å²) >= 11 is 0. The number of hydrogen-bond donors (Lipinski definition) is 1. The summed E-state index contributed by atoms with van der Waals surface area (Å²) < 4.78 is 0. The highest BCUT2D eigenvalue weighted by Crippen LogP contribution is 2.05. The minimum absolute atomic E-state index is 0.167. The molecule has 2 atom stereocenters. The van der Waals surface area contributed by atoms with E-state index in [0.29, 0.717) is 0 Å². The second kappa shape index (κ2) is 5.32. The molecule has 10 heavy (non-hydrogen) atoms. The Balaban J connectivity index is 3.82. The highest BCUT2D eigenvalue weighted by atomic mass is 16.3. The minimum atomic E-state index is -0.288. The van der Waals surface area contributed by atoms with Crippen molar-refractivity contribution in [2.24, 2.45) is 5.92 Å². The second-order valence-electron chi connectivity index (χ2n) is 2.43. The first-order valence-corrected chi connectivity index (χ1v) is 3.88. The van der Waals surface area contributed by atoms with E-state index in [1.807, 2.05) is 13.8 Å². The van der Waals surface area contributed by atoms with Crippen LogP contribution in [0.25, 0.3) is 0 Å². The predicted molar refractivity (Wildman–Crippen MR) is 43.5 cm³/mol. The van der Waals surface area contributed by atoms with Crippen molar-refractivity contribution in [2.45, 2.75) is 39.7 Å². The van der Waals surface area contributed by atoms with Crippen LogP contribution < -0.4 is 0 Å². The van der Waals surface area contributed by atoms with E-state index in [4.69, 9.17) is 5.11 Å². The van der Waals surface area contributed by atoms with Crippen molar-refractivity contribution in [1.82, 2.24) is 0 Å². The fourth-order valence-corrected chi connectivity index (χ4v) is 0.797. The number of aliphatic hydroxyl groups excluding tert-OH is 1. The van der Waals surface area contributed by atoms with E-state index in [2.05, 4.69) is 11.8 Å². The summed E-state index contributed by atoms with van der Waals surface area (Å²) in [6.45, 7) is 5.85. The Labute approximate surface area is 63.5 Å². The Morgan fingerprint density at radius 3 is 2.30 bits per heavy atom. The molecule has 0 aliphatic heterocycles. The summed E-state index contributed by atoms with van der Waals surface area (Å²) in [5, 5.41) is 9.14. The van der Waals surface area contributed by atoms with Crippen LogP contribution in [0, 0.1) is 17.8 Å².